The van der Waals surface area contributed by atoms with E-state index in [1.54, 1.807) is 18.2 Å². The number of amides is 3. The summed E-state index contributed by atoms with van der Waals surface area (Å²) >= 11 is 3.29. The molecule has 1 aliphatic heterocycles. The van der Waals surface area contributed by atoms with Gasteiger partial charge in [0.15, 0.2) is 6.61 Å². The van der Waals surface area contributed by atoms with Crippen LogP contribution < -0.4 is 5.32 Å². The lowest BCUT2D eigenvalue weighted by Gasteiger charge is -2.19. The molecule has 26 heavy (non-hydrogen) atoms. The minimum atomic E-state index is -0.769. The van der Waals surface area contributed by atoms with Crippen molar-refractivity contribution in [1.82, 2.24) is 4.90 Å². The highest BCUT2D eigenvalue weighted by Crippen LogP contribution is 2.37. The van der Waals surface area contributed by atoms with Gasteiger partial charge in [-0.15, -0.1) is 0 Å². The van der Waals surface area contributed by atoms with Gasteiger partial charge in [-0.05, 0) is 31.0 Å². The Kier molecular flexibility index (Phi) is 5.70. The maximum atomic E-state index is 12.3. The number of carbonyl (C=O) groups excluding carboxylic acids is 4. The predicted octanol–water partition coefficient (Wildman–Crippen LogP) is 2.11. The molecule has 7 nitrogen and oxygen atoms in total. The second-order valence-corrected chi connectivity index (χ2v) is 7.39. The lowest BCUT2D eigenvalue weighted by molar-refractivity contribution is -0.154. The van der Waals surface area contributed by atoms with Crippen LogP contribution in [0.25, 0.3) is 0 Å². The summed E-state index contributed by atoms with van der Waals surface area (Å²) in [5.74, 6) is -2.46. The molecular formula is C18H19BrN2O5. The Morgan fingerprint density at radius 3 is 2.42 bits per heavy atom. The minimum absolute atomic E-state index is 0.296. The van der Waals surface area contributed by atoms with Crippen LogP contribution in [-0.4, -0.2) is 41.7 Å². The molecule has 1 N–H and O–H groups in total. The largest absolute Gasteiger partial charge is 0.454 e. The first-order chi connectivity index (χ1) is 12.5. The van der Waals surface area contributed by atoms with Crippen molar-refractivity contribution in [2.75, 3.05) is 18.5 Å². The number of hydrogen-bond donors (Lipinski definition) is 1. The van der Waals surface area contributed by atoms with E-state index in [0.29, 0.717) is 18.5 Å². The van der Waals surface area contributed by atoms with Gasteiger partial charge in [0.05, 0.1) is 11.8 Å². The molecule has 0 unspecified atom stereocenters. The van der Waals surface area contributed by atoms with Gasteiger partial charge in [-0.1, -0.05) is 34.8 Å². The van der Waals surface area contributed by atoms with Crippen LogP contribution in [0.4, 0.5) is 5.69 Å². The molecule has 0 bridgehead atoms. The molecule has 1 aromatic rings. The van der Waals surface area contributed by atoms with Crippen molar-refractivity contribution in [3.05, 3.63) is 28.7 Å². The molecule has 1 saturated carbocycles. The van der Waals surface area contributed by atoms with Gasteiger partial charge < -0.3 is 10.1 Å². The van der Waals surface area contributed by atoms with E-state index < -0.39 is 25.0 Å². The van der Waals surface area contributed by atoms with Gasteiger partial charge >= 0.3 is 5.97 Å². The van der Waals surface area contributed by atoms with E-state index in [1.165, 1.54) is 0 Å². The van der Waals surface area contributed by atoms with Crippen LogP contribution in [-0.2, 0) is 23.9 Å². The summed E-state index contributed by atoms with van der Waals surface area (Å²) in [4.78, 5) is 49.4. The van der Waals surface area contributed by atoms with Gasteiger partial charge in [0.2, 0.25) is 11.8 Å². The van der Waals surface area contributed by atoms with E-state index in [-0.39, 0.29) is 23.7 Å². The maximum absolute atomic E-state index is 12.3. The first-order valence-electron chi connectivity index (χ1n) is 8.52. The molecule has 2 atom stereocenters. The standard InChI is InChI=1S/C18H19BrN2O5/c19-11-4-3-5-12(8-11)20-15(22)10-26-16(23)9-21-17(24)13-6-1-2-7-14(13)18(21)25/h3-5,8,13-14H,1-2,6-7,9-10H2,(H,20,22)/t13-,14-/m1/s1. The monoisotopic (exact) mass is 422 g/mol. The third-order valence-electron chi connectivity index (χ3n) is 4.69. The van der Waals surface area contributed by atoms with Crippen molar-refractivity contribution < 1.29 is 23.9 Å². The third kappa shape index (κ3) is 4.12. The smallest absolute Gasteiger partial charge is 0.326 e. The molecule has 138 valence electrons. The number of rotatable bonds is 5. The number of fused-ring (bicyclic) bond motifs is 1. The van der Waals surface area contributed by atoms with E-state index in [9.17, 15) is 19.2 Å². The summed E-state index contributed by atoms with van der Waals surface area (Å²) in [7, 11) is 0. The van der Waals surface area contributed by atoms with Gasteiger partial charge in [0, 0.05) is 10.2 Å². The van der Waals surface area contributed by atoms with E-state index in [4.69, 9.17) is 4.74 Å². The van der Waals surface area contributed by atoms with Gasteiger partial charge in [0.1, 0.15) is 6.54 Å². The van der Waals surface area contributed by atoms with Gasteiger partial charge in [0.25, 0.3) is 5.91 Å². The van der Waals surface area contributed by atoms with E-state index >= 15 is 0 Å². The van der Waals surface area contributed by atoms with Gasteiger partial charge in [-0.2, -0.15) is 0 Å². The number of nitrogens with one attached hydrogen (secondary N) is 1. The number of esters is 1. The van der Waals surface area contributed by atoms with Crippen molar-refractivity contribution in [2.24, 2.45) is 11.8 Å². The number of halogens is 1. The number of hydrogen-bond acceptors (Lipinski definition) is 5. The summed E-state index contributed by atoms with van der Waals surface area (Å²) in [6.45, 7) is -0.913. The summed E-state index contributed by atoms with van der Waals surface area (Å²) in [6, 6.07) is 6.99. The molecule has 3 amide bonds. The molecular weight excluding hydrogens is 404 g/mol. The van der Waals surface area contributed by atoms with Crippen LogP contribution in [0.2, 0.25) is 0 Å². The Bertz CT molecular complexity index is 727. The molecule has 1 heterocycles. The van der Waals surface area contributed by atoms with E-state index in [1.807, 2.05) is 6.07 Å². The van der Waals surface area contributed by atoms with Gasteiger partial charge in [-0.25, -0.2) is 0 Å². The highest BCUT2D eigenvalue weighted by molar-refractivity contribution is 9.10. The average molecular weight is 423 g/mol. The Labute approximate surface area is 159 Å². The number of benzene rings is 1. The fraction of sp³-hybridized carbons (Fsp3) is 0.444. The molecule has 8 heteroatoms. The Balaban J connectivity index is 1.49. The van der Waals surface area contributed by atoms with Crippen LogP contribution in [0, 0.1) is 11.8 Å². The summed E-state index contributed by atoms with van der Waals surface area (Å²) in [5, 5.41) is 2.60. The quantitative estimate of drug-likeness (QED) is 0.579. The fourth-order valence-electron chi connectivity index (χ4n) is 3.47. The highest BCUT2D eigenvalue weighted by Gasteiger charge is 2.48. The average Bonchev–Trinajstić information content (AvgIpc) is 2.85. The highest BCUT2D eigenvalue weighted by atomic mass is 79.9. The molecule has 2 aliphatic rings. The topological polar surface area (TPSA) is 92.8 Å². The maximum Gasteiger partial charge on any atom is 0.326 e. The fourth-order valence-corrected chi connectivity index (χ4v) is 3.87. The van der Waals surface area contributed by atoms with Crippen molar-refractivity contribution in [1.29, 1.82) is 0 Å². The second-order valence-electron chi connectivity index (χ2n) is 6.48. The Morgan fingerprint density at radius 1 is 1.15 bits per heavy atom. The number of likely N-dealkylation sites (tertiary alicyclic amines) is 1. The number of ether oxygens (including phenoxy) is 1. The third-order valence-corrected chi connectivity index (χ3v) is 5.19. The summed E-state index contributed by atoms with van der Waals surface area (Å²) in [6.07, 6.45) is 3.23. The molecule has 1 aliphatic carbocycles. The van der Waals surface area contributed by atoms with E-state index in [0.717, 1.165) is 22.2 Å². The zero-order chi connectivity index (χ0) is 18.7. The van der Waals surface area contributed by atoms with Crippen molar-refractivity contribution in [2.45, 2.75) is 25.7 Å². The van der Waals surface area contributed by atoms with E-state index in [2.05, 4.69) is 21.2 Å². The minimum Gasteiger partial charge on any atom is -0.454 e. The molecule has 0 radical (unpaired) electrons. The zero-order valence-corrected chi connectivity index (χ0v) is 15.7. The molecule has 0 aromatic heterocycles. The predicted molar refractivity (Wildman–Crippen MR) is 95.9 cm³/mol. The van der Waals surface area contributed by atoms with Crippen molar-refractivity contribution in [3.63, 3.8) is 0 Å². The second kappa shape index (κ2) is 7.99. The zero-order valence-electron chi connectivity index (χ0n) is 14.1. The number of anilines is 1. The summed E-state index contributed by atoms with van der Waals surface area (Å²) in [5.41, 5.74) is 0.564. The SMILES string of the molecule is O=C(COC(=O)CN1C(=O)[C@@H]2CCCC[C@H]2C1=O)Nc1cccc(Br)c1. The van der Waals surface area contributed by atoms with Crippen molar-refractivity contribution in [3.8, 4) is 0 Å². The van der Waals surface area contributed by atoms with Crippen LogP contribution in [0.15, 0.2) is 28.7 Å². The molecule has 0 spiro atoms. The normalized spacial score (nSPS) is 22.1. The van der Waals surface area contributed by atoms with Gasteiger partial charge in [-0.3, -0.25) is 24.1 Å². The van der Waals surface area contributed by atoms with Crippen LogP contribution in [0.1, 0.15) is 25.7 Å². The first kappa shape index (κ1) is 18.6. The number of carbonyl (C=O) groups is 4. The Hall–Kier alpha value is -2.22. The number of imide groups is 1. The lowest BCUT2D eigenvalue weighted by atomic mass is 9.81. The first-order valence-corrected chi connectivity index (χ1v) is 9.31. The molecule has 2 fully saturated rings. The lowest BCUT2D eigenvalue weighted by Crippen LogP contribution is -2.37. The molecule has 1 aromatic carbocycles. The van der Waals surface area contributed by atoms with Crippen LogP contribution in [0.5, 0.6) is 0 Å². The summed E-state index contributed by atoms with van der Waals surface area (Å²) < 4.78 is 5.71. The van der Waals surface area contributed by atoms with Crippen LogP contribution in [0.3, 0.4) is 0 Å². The van der Waals surface area contributed by atoms with Crippen LogP contribution >= 0.6 is 15.9 Å². The molecule has 3 rings (SSSR count). The number of nitrogens with zero attached hydrogens (tertiary/aromatic N) is 1. The Morgan fingerprint density at radius 2 is 1.81 bits per heavy atom. The molecule has 1 saturated heterocycles. The van der Waals surface area contributed by atoms with Crippen molar-refractivity contribution >= 4 is 45.3 Å².